The van der Waals surface area contributed by atoms with Gasteiger partial charge >= 0.3 is 0 Å². The minimum absolute atomic E-state index is 0.281. The molecule has 2 rings (SSSR count). The van der Waals surface area contributed by atoms with Crippen LogP contribution in [0.3, 0.4) is 0 Å². The number of rotatable bonds is 6. The molecule has 0 bridgehead atoms. The van der Waals surface area contributed by atoms with Gasteiger partial charge in [0.15, 0.2) is 11.5 Å². The van der Waals surface area contributed by atoms with E-state index in [-0.39, 0.29) is 6.79 Å². The molecule has 0 atom stereocenters. The van der Waals surface area contributed by atoms with Crippen LogP contribution in [-0.2, 0) is 0 Å². The van der Waals surface area contributed by atoms with Crippen LogP contribution < -0.4 is 14.8 Å². The Hall–Kier alpha value is -0.740. The van der Waals surface area contributed by atoms with Gasteiger partial charge in [-0.05, 0) is 24.9 Å². The van der Waals surface area contributed by atoms with E-state index in [0.29, 0.717) is 5.02 Å². The number of halogens is 1. The minimum atomic E-state index is 0.281. The van der Waals surface area contributed by atoms with Crippen molar-refractivity contribution in [2.24, 2.45) is 0 Å². The number of anilines is 1. The number of nitrogens with one attached hydrogen (secondary N) is 1. The first-order chi connectivity index (χ1) is 8.31. The monoisotopic (exact) mass is 273 g/mol. The third-order valence-corrected chi connectivity index (χ3v) is 3.56. The highest BCUT2D eigenvalue weighted by atomic mass is 35.5. The summed E-state index contributed by atoms with van der Waals surface area (Å²) < 4.78 is 10.6. The van der Waals surface area contributed by atoms with Gasteiger partial charge in [-0.25, -0.2) is 0 Å². The van der Waals surface area contributed by atoms with Crippen molar-refractivity contribution in [3.63, 3.8) is 0 Å². The van der Waals surface area contributed by atoms with Crippen LogP contribution in [-0.4, -0.2) is 25.3 Å². The Balaban J connectivity index is 1.88. The Bertz CT molecular complexity index is 387. The third kappa shape index (κ3) is 3.36. The highest BCUT2D eigenvalue weighted by Gasteiger charge is 2.16. The quantitative estimate of drug-likeness (QED) is 0.802. The number of thioether (sulfide) groups is 1. The third-order valence-electron chi connectivity index (χ3n) is 2.55. The van der Waals surface area contributed by atoms with Gasteiger partial charge in [0.05, 0.1) is 10.7 Å². The summed E-state index contributed by atoms with van der Waals surface area (Å²) in [6, 6.07) is 3.70. The lowest BCUT2D eigenvalue weighted by atomic mass is 10.2. The van der Waals surface area contributed by atoms with Crippen molar-refractivity contribution in [2.75, 3.05) is 30.7 Å². The summed E-state index contributed by atoms with van der Waals surface area (Å²) in [7, 11) is 0. The van der Waals surface area contributed by atoms with Crippen molar-refractivity contribution < 1.29 is 9.47 Å². The standard InChI is InChI=1S/C12H16ClNO2S/c1-17-5-3-2-4-14-10-7-12-11(6-9(10)13)15-8-16-12/h6-7,14H,2-5,8H2,1H3. The van der Waals surface area contributed by atoms with Crippen LogP contribution in [0.5, 0.6) is 11.5 Å². The topological polar surface area (TPSA) is 30.5 Å². The largest absolute Gasteiger partial charge is 0.454 e. The minimum Gasteiger partial charge on any atom is -0.454 e. The van der Waals surface area contributed by atoms with E-state index in [4.69, 9.17) is 21.1 Å². The van der Waals surface area contributed by atoms with Crippen LogP contribution in [0.4, 0.5) is 5.69 Å². The number of unbranched alkanes of at least 4 members (excludes halogenated alkanes) is 1. The molecule has 0 saturated carbocycles. The van der Waals surface area contributed by atoms with Gasteiger partial charge in [0, 0.05) is 18.7 Å². The molecule has 1 aliphatic rings. The van der Waals surface area contributed by atoms with Crippen LogP contribution in [0, 0.1) is 0 Å². The Morgan fingerprint density at radius 3 is 2.82 bits per heavy atom. The second-order valence-electron chi connectivity index (χ2n) is 3.81. The second kappa shape index (κ2) is 6.26. The maximum atomic E-state index is 6.15. The molecule has 0 amide bonds. The van der Waals surface area contributed by atoms with Crippen molar-refractivity contribution in [1.82, 2.24) is 0 Å². The molecule has 0 aliphatic carbocycles. The Morgan fingerprint density at radius 2 is 2.06 bits per heavy atom. The molecule has 1 N–H and O–H groups in total. The predicted octanol–water partition coefficient (Wildman–Crippen LogP) is 3.62. The van der Waals surface area contributed by atoms with Gasteiger partial charge in [-0.15, -0.1) is 0 Å². The fraction of sp³-hybridized carbons (Fsp3) is 0.500. The Labute approximate surface area is 111 Å². The molecular weight excluding hydrogens is 258 g/mol. The molecular formula is C12H16ClNO2S. The fourth-order valence-corrected chi connectivity index (χ4v) is 2.36. The average Bonchev–Trinajstić information content (AvgIpc) is 2.76. The van der Waals surface area contributed by atoms with E-state index in [2.05, 4.69) is 11.6 Å². The lowest BCUT2D eigenvalue weighted by Gasteiger charge is -2.09. The average molecular weight is 274 g/mol. The van der Waals surface area contributed by atoms with Crippen LogP contribution in [0.1, 0.15) is 12.8 Å². The zero-order valence-corrected chi connectivity index (χ0v) is 11.4. The zero-order chi connectivity index (χ0) is 12.1. The summed E-state index contributed by atoms with van der Waals surface area (Å²) in [5.41, 5.74) is 0.917. The van der Waals surface area contributed by atoms with Crippen molar-refractivity contribution in [3.8, 4) is 11.5 Å². The van der Waals surface area contributed by atoms with Crippen molar-refractivity contribution >= 4 is 29.1 Å². The molecule has 1 aliphatic heterocycles. The molecule has 1 heterocycles. The summed E-state index contributed by atoms with van der Waals surface area (Å²) in [6.45, 7) is 1.21. The predicted molar refractivity (Wildman–Crippen MR) is 73.7 cm³/mol. The van der Waals surface area contributed by atoms with Gasteiger partial charge in [-0.3, -0.25) is 0 Å². The van der Waals surface area contributed by atoms with E-state index < -0.39 is 0 Å². The van der Waals surface area contributed by atoms with E-state index >= 15 is 0 Å². The molecule has 94 valence electrons. The molecule has 0 unspecified atom stereocenters. The number of fused-ring (bicyclic) bond motifs is 1. The molecule has 0 aromatic heterocycles. The van der Waals surface area contributed by atoms with Crippen molar-refractivity contribution in [1.29, 1.82) is 0 Å². The summed E-state index contributed by atoms with van der Waals surface area (Å²) in [5.74, 6) is 2.69. The van der Waals surface area contributed by atoms with E-state index in [1.54, 1.807) is 6.07 Å². The maximum Gasteiger partial charge on any atom is 0.231 e. The van der Waals surface area contributed by atoms with Gasteiger partial charge in [0.25, 0.3) is 0 Å². The van der Waals surface area contributed by atoms with Crippen LogP contribution in [0.25, 0.3) is 0 Å². The van der Waals surface area contributed by atoms with E-state index in [1.807, 2.05) is 17.8 Å². The molecule has 1 aromatic carbocycles. The smallest absolute Gasteiger partial charge is 0.231 e. The Kier molecular flexibility index (Phi) is 4.68. The van der Waals surface area contributed by atoms with E-state index in [9.17, 15) is 0 Å². The van der Waals surface area contributed by atoms with Gasteiger partial charge in [-0.2, -0.15) is 11.8 Å². The highest BCUT2D eigenvalue weighted by molar-refractivity contribution is 7.98. The number of benzene rings is 1. The first-order valence-electron chi connectivity index (χ1n) is 5.63. The molecule has 0 saturated heterocycles. The van der Waals surface area contributed by atoms with Crippen LogP contribution in [0.15, 0.2) is 12.1 Å². The summed E-state index contributed by atoms with van der Waals surface area (Å²) in [4.78, 5) is 0. The van der Waals surface area contributed by atoms with Crippen LogP contribution >= 0.6 is 23.4 Å². The van der Waals surface area contributed by atoms with E-state index in [1.165, 1.54) is 12.2 Å². The van der Waals surface area contributed by atoms with Crippen molar-refractivity contribution in [3.05, 3.63) is 17.2 Å². The molecule has 0 radical (unpaired) electrons. The lowest BCUT2D eigenvalue weighted by Crippen LogP contribution is -2.02. The number of hydrogen-bond donors (Lipinski definition) is 1. The summed E-state index contributed by atoms with van der Waals surface area (Å²) in [6.07, 6.45) is 4.49. The highest BCUT2D eigenvalue weighted by Crippen LogP contribution is 2.39. The molecule has 0 spiro atoms. The maximum absolute atomic E-state index is 6.15. The van der Waals surface area contributed by atoms with Gasteiger partial charge in [0.1, 0.15) is 0 Å². The van der Waals surface area contributed by atoms with Crippen molar-refractivity contribution in [2.45, 2.75) is 12.8 Å². The summed E-state index contributed by atoms with van der Waals surface area (Å²) >= 11 is 8.02. The molecule has 1 aromatic rings. The zero-order valence-electron chi connectivity index (χ0n) is 9.79. The molecule has 17 heavy (non-hydrogen) atoms. The van der Waals surface area contributed by atoms with Gasteiger partial charge in [-0.1, -0.05) is 11.6 Å². The Morgan fingerprint density at radius 1 is 1.29 bits per heavy atom. The lowest BCUT2D eigenvalue weighted by molar-refractivity contribution is 0.174. The first-order valence-corrected chi connectivity index (χ1v) is 7.40. The number of hydrogen-bond acceptors (Lipinski definition) is 4. The molecule has 3 nitrogen and oxygen atoms in total. The molecule has 0 fully saturated rings. The fourth-order valence-electron chi connectivity index (χ4n) is 1.65. The van der Waals surface area contributed by atoms with Crippen LogP contribution in [0.2, 0.25) is 5.02 Å². The van der Waals surface area contributed by atoms with E-state index in [0.717, 1.165) is 30.2 Å². The van der Waals surface area contributed by atoms with Gasteiger partial charge in [0.2, 0.25) is 6.79 Å². The first kappa shape index (κ1) is 12.7. The number of ether oxygens (including phenoxy) is 2. The summed E-state index contributed by atoms with van der Waals surface area (Å²) in [5, 5.41) is 4.00. The SMILES string of the molecule is CSCCCCNc1cc2c(cc1Cl)OCO2. The van der Waals surface area contributed by atoms with Gasteiger partial charge < -0.3 is 14.8 Å². The molecule has 5 heteroatoms. The second-order valence-corrected chi connectivity index (χ2v) is 5.20. The normalized spacial score (nSPS) is 12.8.